The zero-order chi connectivity index (χ0) is 29.0. The molecule has 2 aromatic heterocycles. The molecule has 0 aliphatic heterocycles. The van der Waals surface area contributed by atoms with Crippen molar-refractivity contribution in [2.24, 2.45) is 0 Å². The highest BCUT2D eigenvalue weighted by Crippen LogP contribution is 2.38. The number of benzene rings is 5. The van der Waals surface area contributed by atoms with Gasteiger partial charge in [0.2, 0.25) is 0 Å². The summed E-state index contributed by atoms with van der Waals surface area (Å²) >= 11 is 0. The number of fused-ring (bicyclic) bond motifs is 3. The first kappa shape index (κ1) is 26.2. The molecule has 194 valence electrons. The molecule has 7 aromatic rings. The molecule has 0 N–H and O–H groups in total. The standard InChI is InChI=1S/C33H26B5N3O/c34-26-24(27(35)29(37)30(38)28(26)36)19-14-15-22-21(16-19)25-20(12-7-13-23(25)42-22)33-40-31(17-8-3-1-4-9-17)39-32(41-33)18-10-5-2-6-11-18/h1-16H,34-38H2. The van der Waals surface area contributed by atoms with Crippen LogP contribution in [0.4, 0.5) is 0 Å². The van der Waals surface area contributed by atoms with E-state index in [0.717, 1.165) is 38.6 Å². The molecule has 5 aromatic carbocycles. The predicted octanol–water partition coefficient (Wildman–Crippen LogP) is -0.269. The topological polar surface area (TPSA) is 51.8 Å². The molecular weight excluding hydrogens is 508 g/mol. The summed E-state index contributed by atoms with van der Waals surface area (Å²) in [6, 6.07) is 32.8. The third-order valence-corrected chi connectivity index (χ3v) is 8.72. The minimum absolute atomic E-state index is 0.621. The predicted molar refractivity (Wildman–Crippen MR) is 190 cm³/mol. The summed E-state index contributed by atoms with van der Waals surface area (Å²) in [5.74, 6) is 1.90. The van der Waals surface area contributed by atoms with E-state index in [1.807, 2.05) is 72.8 Å². The molecule has 0 bridgehead atoms. The molecule has 2 heterocycles. The van der Waals surface area contributed by atoms with E-state index in [1.165, 1.54) is 38.4 Å². The Bertz CT molecular complexity index is 2060. The van der Waals surface area contributed by atoms with Crippen LogP contribution in [-0.2, 0) is 0 Å². The van der Waals surface area contributed by atoms with Gasteiger partial charge in [0.05, 0.1) is 0 Å². The largest absolute Gasteiger partial charge is 0.456 e. The number of rotatable bonds is 4. The summed E-state index contributed by atoms with van der Waals surface area (Å²) in [5, 5.41) is 2.06. The maximum Gasteiger partial charge on any atom is 0.164 e. The van der Waals surface area contributed by atoms with Crippen LogP contribution in [-0.4, -0.2) is 54.2 Å². The first-order valence-electron chi connectivity index (χ1n) is 14.3. The number of furan rings is 1. The van der Waals surface area contributed by atoms with Gasteiger partial charge < -0.3 is 4.42 Å². The summed E-state index contributed by atoms with van der Waals surface area (Å²) in [4.78, 5) is 14.9. The SMILES string of the molecule is Bc1c(B)c(B)c(-c2ccc3oc4cccc(-c5nc(-c6ccccc6)nc(-c6ccccc6)n5)c4c3c2)c(B)c1B. The Balaban J connectivity index is 1.49. The summed E-state index contributed by atoms with van der Waals surface area (Å²) in [6.45, 7) is 0. The average molecular weight is 535 g/mol. The van der Waals surface area contributed by atoms with Gasteiger partial charge in [-0.25, -0.2) is 15.0 Å². The summed E-state index contributed by atoms with van der Waals surface area (Å²) in [6.07, 6.45) is 0. The lowest BCUT2D eigenvalue weighted by molar-refractivity contribution is 0.669. The van der Waals surface area contributed by atoms with Gasteiger partial charge in [0.1, 0.15) is 50.4 Å². The second-order valence-corrected chi connectivity index (χ2v) is 11.0. The molecule has 0 unspecified atom stereocenters. The average Bonchev–Trinajstić information content (AvgIpc) is 3.42. The van der Waals surface area contributed by atoms with Gasteiger partial charge in [0.25, 0.3) is 0 Å². The molecule has 0 radical (unpaired) electrons. The van der Waals surface area contributed by atoms with Crippen LogP contribution in [0.5, 0.6) is 0 Å². The van der Waals surface area contributed by atoms with Gasteiger partial charge >= 0.3 is 0 Å². The van der Waals surface area contributed by atoms with Gasteiger partial charge in [-0.1, -0.05) is 89.8 Å². The van der Waals surface area contributed by atoms with Crippen LogP contribution < -0.4 is 27.3 Å². The molecule has 0 amide bonds. The number of hydrogen-bond donors (Lipinski definition) is 0. The lowest BCUT2D eigenvalue weighted by Crippen LogP contribution is -2.55. The molecule has 0 spiro atoms. The molecule has 0 fully saturated rings. The Hall–Kier alpha value is -4.77. The van der Waals surface area contributed by atoms with E-state index in [4.69, 9.17) is 19.4 Å². The number of aromatic nitrogens is 3. The second kappa shape index (κ2) is 10.3. The molecule has 42 heavy (non-hydrogen) atoms. The van der Waals surface area contributed by atoms with Crippen molar-refractivity contribution in [2.75, 3.05) is 0 Å². The zero-order valence-corrected chi connectivity index (χ0v) is 24.5. The monoisotopic (exact) mass is 535 g/mol. The fourth-order valence-corrected chi connectivity index (χ4v) is 6.03. The Morgan fingerprint density at radius 3 is 1.60 bits per heavy atom. The lowest BCUT2D eigenvalue weighted by Gasteiger charge is -2.20. The molecule has 0 aliphatic rings. The fraction of sp³-hybridized carbons (Fsp3) is 0. The molecule has 7 rings (SSSR count). The third-order valence-electron chi connectivity index (χ3n) is 8.72. The fourth-order valence-electron chi connectivity index (χ4n) is 6.03. The van der Waals surface area contributed by atoms with E-state index < -0.39 is 0 Å². The Kier molecular flexibility index (Phi) is 6.39. The van der Waals surface area contributed by atoms with Crippen LogP contribution in [0.1, 0.15) is 0 Å². The molecule has 0 saturated carbocycles. The van der Waals surface area contributed by atoms with Crippen LogP contribution in [0.15, 0.2) is 101 Å². The molecular formula is C33H26B5N3O. The third kappa shape index (κ3) is 4.28. The normalized spacial score (nSPS) is 11.3. The van der Waals surface area contributed by atoms with Gasteiger partial charge in [-0.3, -0.25) is 0 Å². The van der Waals surface area contributed by atoms with Gasteiger partial charge in [0, 0.05) is 27.5 Å². The van der Waals surface area contributed by atoms with Gasteiger partial charge in [-0.05, 0) is 29.3 Å². The molecule has 0 atom stereocenters. The lowest BCUT2D eigenvalue weighted by atomic mass is 9.59. The van der Waals surface area contributed by atoms with E-state index in [1.54, 1.807) is 0 Å². The van der Waals surface area contributed by atoms with Crippen molar-refractivity contribution in [3.8, 4) is 45.3 Å². The first-order chi connectivity index (χ1) is 20.4. The molecule has 9 heteroatoms. The summed E-state index contributed by atoms with van der Waals surface area (Å²) in [7, 11) is 11.1. The Morgan fingerprint density at radius 1 is 0.452 bits per heavy atom. The van der Waals surface area contributed by atoms with Crippen molar-refractivity contribution >= 4 is 88.5 Å². The highest BCUT2D eigenvalue weighted by molar-refractivity contribution is 6.68. The van der Waals surface area contributed by atoms with Crippen LogP contribution in [0.25, 0.3) is 67.2 Å². The van der Waals surface area contributed by atoms with Crippen molar-refractivity contribution in [1.29, 1.82) is 0 Å². The summed E-state index contributed by atoms with van der Waals surface area (Å²) < 4.78 is 6.39. The van der Waals surface area contributed by atoms with E-state index in [9.17, 15) is 0 Å². The van der Waals surface area contributed by atoms with Gasteiger partial charge in [-0.15, -0.1) is 16.4 Å². The van der Waals surface area contributed by atoms with Gasteiger partial charge in [0.15, 0.2) is 17.5 Å². The second-order valence-electron chi connectivity index (χ2n) is 11.0. The van der Waals surface area contributed by atoms with Crippen LogP contribution in [0.2, 0.25) is 0 Å². The minimum atomic E-state index is 0.621. The zero-order valence-electron chi connectivity index (χ0n) is 24.5. The van der Waals surface area contributed by atoms with E-state index >= 15 is 0 Å². The Morgan fingerprint density at radius 2 is 1.00 bits per heavy atom. The van der Waals surface area contributed by atoms with Gasteiger partial charge in [-0.2, -0.15) is 0 Å². The van der Waals surface area contributed by atoms with Crippen LogP contribution in [0.3, 0.4) is 0 Å². The van der Waals surface area contributed by atoms with Crippen molar-refractivity contribution < 1.29 is 4.42 Å². The quantitative estimate of drug-likeness (QED) is 0.292. The number of nitrogens with zero attached hydrogens (tertiary/aromatic N) is 3. The van der Waals surface area contributed by atoms with Crippen molar-refractivity contribution in [3.05, 3.63) is 97.1 Å². The highest BCUT2D eigenvalue weighted by atomic mass is 16.3. The Labute approximate surface area is 249 Å². The first-order valence-corrected chi connectivity index (χ1v) is 14.3. The van der Waals surface area contributed by atoms with Crippen LogP contribution >= 0.6 is 0 Å². The molecule has 0 saturated heterocycles. The molecule has 4 nitrogen and oxygen atoms in total. The van der Waals surface area contributed by atoms with E-state index in [0.29, 0.717) is 17.5 Å². The maximum atomic E-state index is 6.39. The van der Waals surface area contributed by atoms with E-state index in [2.05, 4.69) is 63.5 Å². The maximum absolute atomic E-state index is 6.39. The van der Waals surface area contributed by atoms with E-state index in [-0.39, 0.29) is 0 Å². The summed E-state index contributed by atoms with van der Waals surface area (Å²) in [5.41, 5.74) is 13.6. The molecule has 0 aliphatic carbocycles. The van der Waals surface area contributed by atoms with Crippen LogP contribution in [0, 0.1) is 0 Å². The number of hydrogen-bond acceptors (Lipinski definition) is 4. The smallest absolute Gasteiger partial charge is 0.164 e. The van der Waals surface area contributed by atoms with Crippen molar-refractivity contribution in [1.82, 2.24) is 15.0 Å². The van der Waals surface area contributed by atoms with Crippen molar-refractivity contribution in [3.63, 3.8) is 0 Å². The minimum Gasteiger partial charge on any atom is -0.456 e. The van der Waals surface area contributed by atoms with Crippen molar-refractivity contribution in [2.45, 2.75) is 0 Å². The highest BCUT2D eigenvalue weighted by Gasteiger charge is 2.19.